The van der Waals surface area contributed by atoms with Crippen LogP contribution >= 0.6 is 0 Å². The molecule has 31 heavy (non-hydrogen) atoms. The lowest BCUT2D eigenvalue weighted by molar-refractivity contribution is 0.287. The van der Waals surface area contributed by atoms with Gasteiger partial charge >= 0.3 is 0 Å². The van der Waals surface area contributed by atoms with Gasteiger partial charge in [-0.1, -0.05) is 18.2 Å². The Hall–Kier alpha value is -3.48. The molecule has 0 saturated heterocycles. The van der Waals surface area contributed by atoms with Gasteiger partial charge in [0.1, 0.15) is 0 Å². The lowest BCUT2D eigenvalue weighted by Crippen LogP contribution is -2.38. The molecular formula is C24H31N5O2. The van der Waals surface area contributed by atoms with E-state index in [4.69, 9.17) is 9.47 Å². The van der Waals surface area contributed by atoms with Crippen molar-refractivity contribution in [3.63, 3.8) is 0 Å². The topological polar surface area (TPSA) is 72.7 Å². The number of ether oxygens (including phenoxy) is 2. The van der Waals surface area contributed by atoms with Crippen molar-refractivity contribution in [1.82, 2.24) is 20.4 Å². The van der Waals surface area contributed by atoms with Crippen molar-refractivity contribution in [2.24, 2.45) is 4.99 Å². The third kappa shape index (κ3) is 6.01. The summed E-state index contributed by atoms with van der Waals surface area (Å²) >= 11 is 0. The summed E-state index contributed by atoms with van der Waals surface area (Å²) in [5.41, 5.74) is 3.26. The van der Waals surface area contributed by atoms with E-state index in [9.17, 15) is 0 Å². The van der Waals surface area contributed by atoms with Crippen LogP contribution in [-0.2, 0) is 6.54 Å². The van der Waals surface area contributed by atoms with E-state index in [0.717, 1.165) is 34.3 Å². The van der Waals surface area contributed by atoms with Gasteiger partial charge in [0.15, 0.2) is 17.5 Å². The highest BCUT2D eigenvalue weighted by atomic mass is 16.5. The van der Waals surface area contributed by atoms with Crippen molar-refractivity contribution in [3.8, 4) is 17.2 Å². The normalized spacial score (nSPS) is 12.3. The Morgan fingerprint density at radius 1 is 1.06 bits per heavy atom. The molecule has 3 rings (SSSR count). The summed E-state index contributed by atoms with van der Waals surface area (Å²) in [5, 5.41) is 11.1. The molecule has 0 radical (unpaired) electrons. The van der Waals surface area contributed by atoms with Crippen LogP contribution in [0.5, 0.6) is 11.5 Å². The van der Waals surface area contributed by atoms with Crippen LogP contribution in [0, 0.1) is 0 Å². The summed E-state index contributed by atoms with van der Waals surface area (Å²) in [6.07, 6.45) is 3.71. The van der Waals surface area contributed by atoms with E-state index in [-0.39, 0.29) is 6.04 Å². The lowest BCUT2D eigenvalue weighted by Gasteiger charge is -2.20. The largest absolute Gasteiger partial charge is 0.490 e. The molecule has 0 fully saturated rings. The van der Waals surface area contributed by atoms with E-state index in [0.29, 0.717) is 19.8 Å². The Kier molecular flexibility index (Phi) is 7.92. The fourth-order valence-electron chi connectivity index (χ4n) is 3.24. The quantitative estimate of drug-likeness (QED) is 0.402. The van der Waals surface area contributed by atoms with Crippen molar-refractivity contribution in [1.29, 1.82) is 0 Å². The Balaban J connectivity index is 1.63. The average Bonchev–Trinajstić information content (AvgIpc) is 3.33. The van der Waals surface area contributed by atoms with Crippen LogP contribution in [0.3, 0.4) is 0 Å². The Morgan fingerprint density at radius 2 is 1.87 bits per heavy atom. The molecule has 1 heterocycles. The van der Waals surface area contributed by atoms with E-state index in [2.05, 4.69) is 39.8 Å². The summed E-state index contributed by atoms with van der Waals surface area (Å²) < 4.78 is 13.3. The number of guanidine groups is 1. The molecule has 0 spiro atoms. The van der Waals surface area contributed by atoms with Gasteiger partial charge in [0.05, 0.1) is 24.9 Å². The van der Waals surface area contributed by atoms with Crippen LogP contribution in [0.2, 0.25) is 0 Å². The predicted molar refractivity (Wildman–Crippen MR) is 124 cm³/mol. The van der Waals surface area contributed by atoms with Gasteiger partial charge in [0.2, 0.25) is 0 Å². The third-order valence-electron chi connectivity index (χ3n) is 4.78. The third-order valence-corrected chi connectivity index (χ3v) is 4.78. The highest BCUT2D eigenvalue weighted by Gasteiger charge is 2.12. The Labute approximate surface area is 184 Å². The van der Waals surface area contributed by atoms with Gasteiger partial charge < -0.3 is 20.1 Å². The molecule has 164 valence electrons. The minimum absolute atomic E-state index is 0.0384. The number of nitrogens with one attached hydrogen (secondary N) is 2. The first-order valence-electron chi connectivity index (χ1n) is 10.6. The van der Waals surface area contributed by atoms with Crippen molar-refractivity contribution in [2.45, 2.75) is 33.4 Å². The highest BCUT2D eigenvalue weighted by molar-refractivity contribution is 5.80. The van der Waals surface area contributed by atoms with Crippen molar-refractivity contribution < 1.29 is 9.47 Å². The molecule has 2 N–H and O–H groups in total. The molecule has 1 aromatic heterocycles. The Bertz CT molecular complexity index is 985. The van der Waals surface area contributed by atoms with E-state index in [1.807, 2.05) is 61.1 Å². The first kappa shape index (κ1) is 22.2. The molecule has 0 saturated carbocycles. The smallest absolute Gasteiger partial charge is 0.191 e. The molecular weight excluding hydrogens is 390 g/mol. The van der Waals surface area contributed by atoms with E-state index in [1.165, 1.54) is 0 Å². The number of rotatable bonds is 9. The SMILES string of the molecule is CCOc1ccc(C(C)NC(=NC)NCc2cccc(-n3cccn3)c2)cc1OCC. The number of benzene rings is 2. The van der Waals surface area contributed by atoms with Gasteiger partial charge in [0.25, 0.3) is 0 Å². The number of aliphatic imine (C=N–C) groups is 1. The second-order valence-corrected chi connectivity index (χ2v) is 6.98. The van der Waals surface area contributed by atoms with Gasteiger partial charge in [-0.05, 0) is 62.2 Å². The van der Waals surface area contributed by atoms with E-state index in [1.54, 1.807) is 13.2 Å². The van der Waals surface area contributed by atoms with E-state index >= 15 is 0 Å². The summed E-state index contributed by atoms with van der Waals surface area (Å²) in [7, 11) is 1.77. The highest BCUT2D eigenvalue weighted by Crippen LogP contribution is 2.30. The fraction of sp³-hybridized carbons (Fsp3) is 0.333. The van der Waals surface area contributed by atoms with Crippen molar-refractivity contribution in [3.05, 3.63) is 72.1 Å². The molecule has 7 heteroatoms. The minimum Gasteiger partial charge on any atom is -0.490 e. The second-order valence-electron chi connectivity index (χ2n) is 6.98. The van der Waals surface area contributed by atoms with Gasteiger partial charge in [-0.2, -0.15) is 5.10 Å². The maximum Gasteiger partial charge on any atom is 0.191 e. The maximum absolute atomic E-state index is 5.75. The Morgan fingerprint density at radius 3 is 2.58 bits per heavy atom. The first-order chi connectivity index (χ1) is 15.1. The zero-order valence-corrected chi connectivity index (χ0v) is 18.6. The molecule has 0 aliphatic rings. The van der Waals surface area contributed by atoms with Crippen LogP contribution in [0.15, 0.2) is 65.9 Å². The van der Waals surface area contributed by atoms with Gasteiger partial charge in [-0.3, -0.25) is 4.99 Å². The molecule has 0 amide bonds. The molecule has 0 bridgehead atoms. The number of aromatic nitrogens is 2. The molecule has 0 aliphatic carbocycles. The number of hydrogen-bond acceptors (Lipinski definition) is 4. The number of nitrogens with zero attached hydrogens (tertiary/aromatic N) is 3. The lowest BCUT2D eigenvalue weighted by atomic mass is 10.1. The zero-order valence-electron chi connectivity index (χ0n) is 18.6. The number of hydrogen-bond donors (Lipinski definition) is 2. The summed E-state index contributed by atoms with van der Waals surface area (Å²) in [6, 6.07) is 16.2. The summed E-state index contributed by atoms with van der Waals surface area (Å²) in [5.74, 6) is 2.25. The molecule has 2 aromatic carbocycles. The molecule has 7 nitrogen and oxygen atoms in total. The second kappa shape index (κ2) is 11.1. The van der Waals surface area contributed by atoms with Crippen molar-refractivity contribution in [2.75, 3.05) is 20.3 Å². The first-order valence-corrected chi connectivity index (χ1v) is 10.6. The van der Waals surface area contributed by atoms with Gasteiger partial charge in [-0.25, -0.2) is 4.68 Å². The maximum atomic E-state index is 5.75. The van der Waals surface area contributed by atoms with Crippen LogP contribution in [-0.4, -0.2) is 36.0 Å². The van der Waals surface area contributed by atoms with Crippen molar-refractivity contribution >= 4 is 5.96 Å². The summed E-state index contributed by atoms with van der Waals surface area (Å²) in [6.45, 7) is 7.87. The van der Waals surface area contributed by atoms with Crippen LogP contribution in [0.1, 0.15) is 37.9 Å². The van der Waals surface area contributed by atoms with Crippen LogP contribution in [0.4, 0.5) is 0 Å². The average molecular weight is 422 g/mol. The fourth-order valence-corrected chi connectivity index (χ4v) is 3.24. The molecule has 1 unspecified atom stereocenters. The zero-order chi connectivity index (χ0) is 22.1. The van der Waals surface area contributed by atoms with Gasteiger partial charge in [-0.15, -0.1) is 0 Å². The summed E-state index contributed by atoms with van der Waals surface area (Å²) in [4.78, 5) is 4.37. The van der Waals surface area contributed by atoms with Crippen LogP contribution < -0.4 is 20.1 Å². The van der Waals surface area contributed by atoms with Gasteiger partial charge in [0, 0.05) is 26.0 Å². The molecule has 1 atom stereocenters. The molecule has 0 aliphatic heterocycles. The van der Waals surface area contributed by atoms with E-state index < -0.39 is 0 Å². The predicted octanol–water partition coefficient (Wildman–Crippen LogP) is 4.10. The molecule has 3 aromatic rings. The minimum atomic E-state index is 0.0384. The van der Waals surface area contributed by atoms with Crippen LogP contribution in [0.25, 0.3) is 5.69 Å². The monoisotopic (exact) mass is 421 g/mol. The standard InChI is InChI=1S/C24H31N5O2/c1-5-30-22-12-11-20(16-23(22)31-6-2)18(3)28-24(25-4)26-17-19-9-7-10-21(15-19)29-14-8-13-27-29/h7-16,18H,5-6,17H2,1-4H3,(H2,25,26,28).